The summed E-state index contributed by atoms with van der Waals surface area (Å²) in [6.45, 7) is 0.329. The maximum absolute atomic E-state index is 13.7. The van der Waals surface area contributed by atoms with Crippen LogP contribution in [0, 0.1) is 17.1 Å². The molecule has 2 aromatic rings. The van der Waals surface area contributed by atoms with Crippen LogP contribution >= 0.6 is 0 Å². The summed E-state index contributed by atoms with van der Waals surface area (Å²) >= 11 is 0. The SMILES string of the molecule is CS(=O)(=O)c1ccc(F)c(NCc2ccc(C#N)cc2)c1. The summed E-state index contributed by atoms with van der Waals surface area (Å²) in [5.74, 6) is -0.518. The molecule has 0 aliphatic rings. The van der Waals surface area contributed by atoms with Crippen molar-refractivity contribution >= 4 is 15.5 Å². The molecule has 21 heavy (non-hydrogen) atoms. The van der Waals surface area contributed by atoms with E-state index in [1.165, 1.54) is 12.1 Å². The van der Waals surface area contributed by atoms with Crippen LogP contribution in [0.4, 0.5) is 10.1 Å². The Morgan fingerprint density at radius 1 is 1.19 bits per heavy atom. The van der Waals surface area contributed by atoms with Gasteiger partial charge >= 0.3 is 0 Å². The number of halogens is 1. The Balaban J connectivity index is 2.17. The molecule has 0 radical (unpaired) electrons. The zero-order chi connectivity index (χ0) is 15.5. The van der Waals surface area contributed by atoms with Crippen LogP contribution in [-0.2, 0) is 16.4 Å². The second kappa shape index (κ2) is 5.94. The van der Waals surface area contributed by atoms with Crippen LogP contribution in [0.3, 0.4) is 0 Å². The fraction of sp³-hybridized carbons (Fsp3) is 0.133. The maximum Gasteiger partial charge on any atom is 0.175 e. The van der Waals surface area contributed by atoms with Gasteiger partial charge in [0.25, 0.3) is 0 Å². The van der Waals surface area contributed by atoms with Crippen molar-refractivity contribution in [3.8, 4) is 6.07 Å². The van der Waals surface area contributed by atoms with Crippen LogP contribution in [0.5, 0.6) is 0 Å². The summed E-state index contributed by atoms with van der Waals surface area (Å²) in [4.78, 5) is 0.0613. The molecule has 0 saturated heterocycles. The van der Waals surface area contributed by atoms with Gasteiger partial charge in [-0.25, -0.2) is 12.8 Å². The lowest BCUT2D eigenvalue weighted by molar-refractivity contribution is 0.600. The van der Waals surface area contributed by atoms with Gasteiger partial charge < -0.3 is 5.32 Å². The first-order valence-electron chi connectivity index (χ1n) is 6.12. The van der Waals surface area contributed by atoms with Gasteiger partial charge in [-0.05, 0) is 35.9 Å². The Bertz CT molecular complexity index is 793. The summed E-state index contributed by atoms with van der Waals surface area (Å²) in [6.07, 6.45) is 1.07. The number of nitrogens with one attached hydrogen (secondary N) is 1. The van der Waals surface area contributed by atoms with Crippen molar-refractivity contribution in [3.63, 3.8) is 0 Å². The first-order valence-corrected chi connectivity index (χ1v) is 8.02. The number of benzene rings is 2. The van der Waals surface area contributed by atoms with Gasteiger partial charge in [-0.1, -0.05) is 12.1 Å². The molecule has 2 rings (SSSR count). The van der Waals surface area contributed by atoms with Gasteiger partial charge in [-0.2, -0.15) is 5.26 Å². The van der Waals surface area contributed by atoms with E-state index in [2.05, 4.69) is 5.32 Å². The Morgan fingerprint density at radius 3 is 2.43 bits per heavy atom. The third-order valence-corrected chi connectivity index (χ3v) is 4.04. The lowest BCUT2D eigenvalue weighted by atomic mass is 10.1. The fourth-order valence-corrected chi connectivity index (χ4v) is 2.41. The molecular weight excluding hydrogens is 291 g/mol. The van der Waals surface area contributed by atoms with Gasteiger partial charge in [0.2, 0.25) is 0 Å². The average molecular weight is 304 g/mol. The number of nitrogens with zero attached hydrogens (tertiary/aromatic N) is 1. The smallest absolute Gasteiger partial charge is 0.175 e. The molecule has 0 bridgehead atoms. The molecule has 2 aromatic carbocycles. The van der Waals surface area contributed by atoms with Crippen LogP contribution in [0.2, 0.25) is 0 Å². The molecule has 4 nitrogen and oxygen atoms in total. The van der Waals surface area contributed by atoms with Crippen LogP contribution < -0.4 is 5.32 Å². The minimum Gasteiger partial charge on any atom is -0.379 e. The number of hydrogen-bond acceptors (Lipinski definition) is 4. The zero-order valence-corrected chi connectivity index (χ0v) is 12.1. The van der Waals surface area contributed by atoms with E-state index in [1.807, 2.05) is 6.07 Å². The van der Waals surface area contributed by atoms with Crippen LogP contribution in [-0.4, -0.2) is 14.7 Å². The van der Waals surface area contributed by atoms with Crippen molar-refractivity contribution in [2.45, 2.75) is 11.4 Å². The molecule has 1 N–H and O–H groups in total. The lowest BCUT2D eigenvalue weighted by Crippen LogP contribution is -2.04. The van der Waals surface area contributed by atoms with Crippen molar-refractivity contribution in [1.82, 2.24) is 0 Å². The Hall–Kier alpha value is -2.39. The molecule has 108 valence electrons. The molecule has 0 spiro atoms. The van der Waals surface area contributed by atoms with Crippen molar-refractivity contribution < 1.29 is 12.8 Å². The first-order chi connectivity index (χ1) is 9.90. The van der Waals surface area contributed by atoms with Crippen LogP contribution in [0.1, 0.15) is 11.1 Å². The highest BCUT2D eigenvalue weighted by atomic mass is 32.2. The topological polar surface area (TPSA) is 70.0 Å². The van der Waals surface area contributed by atoms with E-state index < -0.39 is 15.7 Å². The Morgan fingerprint density at radius 2 is 1.86 bits per heavy atom. The van der Waals surface area contributed by atoms with Gasteiger partial charge in [0.1, 0.15) is 5.82 Å². The van der Waals surface area contributed by atoms with Gasteiger partial charge in [0.05, 0.1) is 22.2 Å². The second-order valence-corrected chi connectivity index (χ2v) is 6.59. The number of anilines is 1. The average Bonchev–Trinajstić information content (AvgIpc) is 2.45. The Labute approximate surface area is 122 Å². The van der Waals surface area contributed by atoms with Crippen molar-refractivity contribution in [2.75, 3.05) is 11.6 Å². The molecule has 0 amide bonds. The molecule has 0 aliphatic heterocycles. The highest BCUT2D eigenvalue weighted by Crippen LogP contribution is 2.20. The summed E-state index contributed by atoms with van der Waals surface area (Å²) in [5, 5.41) is 11.6. The molecule has 6 heteroatoms. The summed E-state index contributed by atoms with van der Waals surface area (Å²) in [5.41, 5.74) is 1.53. The first kappa shape index (κ1) is 15.0. The zero-order valence-electron chi connectivity index (χ0n) is 11.3. The minimum atomic E-state index is -3.38. The number of hydrogen-bond donors (Lipinski definition) is 1. The number of sulfone groups is 1. The molecular formula is C15H13FN2O2S. The molecule has 0 unspecified atom stereocenters. The minimum absolute atomic E-state index is 0.0613. The highest BCUT2D eigenvalue weighted by molar-refractivity contribution is 7.90. The Kier molecular flexibility index (Phi) is 4.24. The summed E-state index contributed by atoms with van der Waals surface area (Å²) in [7, 11) is -3.38. The standard InChI is InChI=1S/C15H13FN2O2S/c1-21(19,20)13-6-7-14(16)15(8-13)18-10-12-4-2-11(9-17)3-5-12/h2-8,18H,10H2,1H3. The molecule has 0 saturated carbocycles. The van der Waals surface area contributed by atoms with Gasteiger partial charge in [0, 0.05) is 12.8 Å². The maximum atomic E-state index is 13.7. The van der Waals surface area contributed by atoms with Crippen molar-refractivity contribution in [2.24, 2.45) is 0 Å². The van der Waals surface area contributed by atoms with Gasteiger partial charge in [-0.3, -0.25) is 0 Å². The van der Waals surface area contributed by atoms with E-state index in [-0.39, 0.29) is 10.6 Å². The van der Waals surface area contributed by atoms with E-state index in [1.54, 1.807) is 24.3 Å². The molecule has 0 heterocycles. The predicted molar refractivity (Wildman–Crippen MR) is 78.0 cm³/mol. The third-order valence-electron chi connectivity index (χ3n) is 2.93. The largest absolute Gasteiger partial charge is 0.379 e. The van der Waals surface area contributed by atoms with E-state index >= 15 is 0 Å². The lowest BCUT2D eigenvalue weighted by Gasteiger charge is -2.09. The second-order valence-electron chi connectivity index (χ2n) is 4.58. The molecule has 0 aromatic heterocycles. The summed E-state index contributed by atoms with van der Waals surface area (Å²) < 4.78 is 36.6. The normalized spacial score (nSPS) is 10.9. The number of nitriles is 1. The molecule has 0 atom stereocenters. The van der Waals surface area contributed by atoms with Crippen LogP contribution in [0.25, 0.3) is 0 Å². The molecule has 0 fully saturated rings. The summed E-state index contributed by atoms with van der Waals surface area (Å²) in [6, 6.07) is 12.5. The monoisotopic (exact) mass is 304 g/mol. The van der Waals surface area contributed by atoms with E-state index in [4.69, 9.17) is 5.26 Å². The van der Waals surface area contributed by atoms with Crippen molar-refractivity contribution in [3.05, 3.63) is 59.4 Å². The third kappa shape index (κ3) is 3.80. The van der Waals surface area contributed by atoms with E-state index in [0.29, 0.717) is 12.1 Å². The van der Waals surface area contributed by atoms with E-state index in [0.717, 1.165) is 17.9 Å². The van der Waals surface area contributed by atoms with Crippen LogP contribution in [0.15, 0.2) is 47.4 Å². The van der Waals surface area contributed by atoms with E-state index in [9.17, 15) is 12.8 Å². The highest BCUT2D eigenvalue weighted by Gasteiger charge is 2.10. The number of rotatable bonds is 4. The fourth-order valence-electron chi connectivity index (χ4n) is 1.76. The molecule has 0 aliphatic carbocycles. The predicted octanol–water partition coefficient (Wildman–Crippen LogP) is 2.71. The van der Waals surface area contributed by atoms with Gasteiger partial charge in [-0.15, -0.1) is 0 Å². The quantitative estimate of drug-likeness (QED) is 0.882. The van der Waals surface area contributed by atoms with Gasteiger partial charge in [0.15, 0.2) is 9.84 Å². The van der Waals surface area contributed by atoms with Crippen molar-refractivity contribution in [1.29, 1.82) is 5.26 Å².